The van der Waals surface area contributed by atoms with Gasteiger partial charge in [0.15, 0.2) is 0 Å². The van der Waals surface area contributed by atoms with Gasteiger partial charge in [0, 0.05) is 41.0 Å². The molecule has 0 aliphatic heterocycles. The molecule has 2 heterocycles. The number of aromatic carboxylic acids is 1. The molecule has 0 atom stereocenters. The molecule has 0 saturated carbocycles. The van der Waals surface area contributed by atoms with Crippen LogP contribution in [0, 0.1) is 6.92 Å². The second-order valence-corrected chi connectivity index (χ2v) is 5.25. The van der Waals surface area contributed by atoms with E-state index in [2.05, 4.69) is 15.3 Å². The Labute approximate surface area is 132 Å². The van der Waals surface area contributed by atoms with Gasteiger partial charge in [0.05, 0.1) is 0 Å². The number of nitrogens with zero attached hydrogens (tertiary/aromatic N) is 1. The van der Waals surface area contributed by atoms with Crippen LogP contribution in [0.2, 0.25) is 0 Å². The zero-order valence-corrected chi connectivity index (χ0v) is 12.5. The molecule has 0 radical (unpaired) electrons. The maximum absolute atomic E-state index is 12.1. The van der Waals surface area contributed by atoms with Gasteiger partial charge in [0.1, 0.15) is 5.69 Å². The quantitative estimate of drug-likeness (QED) is 0.690. The van der Waals surface area contributed by atoms with Crippen LogP contribution in [-0.4, -0.2) is 27.0 Å². The van der Waals surface area contributed by atoms with E-state index in [1.54, 1.807) is 12.1 Å². The first-order chi connectivity index (χ1) is 11.1. The summed E-state index contributed by atoms with van der Waals surface area (Å²) in [6.07, 6.45) is 3.07. The molecule has 116 valence electrons. The summed E-state index contributed by atoms with van der Waals surface area (Å²) in [6.45, 7) is 2.07. The van der Waals surface area contributed by atoms with Crippen LogP contribution in [0.3, 0.4) is 0 Å². The van der Waals surface area contributed by atoms with Crippen LogP contribution >= 0.6 is 0 Å². The number of H-pyrrole nitrogens is 1. The number of carboxylic acid groups (broad SMARTS) is 1. The molecule has 1 amide bonds. The average molecular weight is 309 g/mol. The normalized spacial score (nSPS) is 10.7. The number of carboxylic acids is 1. The maximum Gasteiger partial charge on any atom is 0.352 e. The minimum absolute atomic E-state index is 0.0978. The summed E-state index contributed by atoms with van der Waals surface area (Å²) in [7, 11) is 0. The van der Waals surface area contributed by atoms with Gasteiger partial charge >= 0.3 is 5.97 Å². The summed E-state index contributed by atoms with van der Waals surface area (Å²) in [5, 5.41) is 12.9. The summed E-state index contributed by atoms with van der Waals surface area (Å²) in [5.74, 6) is -1.32. The van der Waals surface area contributed by atoms with Crippen LogP contribution in [0.4, 0.5) is 0 Å². The predicted octanol–water partition coefficient (Wildman–Crippen LogP) is 2.50. The van der Waals surface area contributed by atoms with E-state index < -0.39 is 5.97 Å². The molecule has 2 aromatic heterocycles. The Morgan fingerprint density at radius 2 is 1.96 bits per heavy atom. The molecular formula is C17H15N3O3. The van der Waals surface area contributed by atoms with Crippen molar-refractivity contribution in [1.82, 2.24) is 15.3 Å². The zero-order valence-electron chi connectivity index (χ0n) is 12.5. The lowest BCUT2D eigenvalue weighted by atomic mass is 10.1. The maximum atomic E-state index is 12.1. The number of amides is 1. The van der Waals surface area contributed by atoms with Crippen molar-refractivity contribution in [2.24, 2.45) is 0 Å². The van der Waals surface area contributed by atoms with Gasteiger partial charge in [-0.05, 0) is 31.2 Å². The van der Waals surface area contributed by atoms with Crippen LogP contribution in [-0.2, 0) is 6.54 Å². The third-order valence-corrected chi connectivity index (χ3v) is 3.64. The Morgan fingerprint density at radius 1 is 1.22 bits per heavy atom. The number of benzene rings is 1. The summed E-state index contributed by atoms with van der Waals surface area (Å²) >= 11 is 0. The fourth-order valence-electron chi connectivity index (χ4n) is 2.50. The molecule has 6 heteroatoms. The largest absolute Gasteiger partial charge is 0.477 e. The first kappa shape index (κ1) is 14.8. The number of rotatable bonds is 4. The zero-order chi connectivity index (χ0) is 16.4. The van der Waals surface area contributed by atoms with Crippen molar-refractivity contribution in [2.75, 3.05) is 0 Å². The van der Waals surface area contributed by atoms with Gasteiger partial charge in [-0.25, -0.2) is 4.79 Å². The van der Waals surface area contributed by atoms with Crippen molar-refractivity contribution >= 4 is 22.8 Å². The van der Waals surface area contributed by atoms with E-state index in [9.17, 15) is 14.7 Å². The number of aromatic nitrogens is 2. The molecule has 1 aromatic carbocycles. The molecule has 0 spiro atoms. The number of carbonyl (C=O) groups excluding carboxylic acids is 1. The van der Waals surface area contributed by atoms with Gasteiger partial charge in [-0.2, -0.15) is 0 Å². The van der Waals surface area contributed by atoms with E-state index in [0.717, 1.165) is 16.5 Å². The second-order valence-electron chi connectivity index (χ2n) is 5.25. The molecular weight excluding hydrogens is 294 g/mol. The lowest BCUT2D eigenvalue weighted by Crippen LogP contribution is -2.23. The Kier molecular flexibility index (Phi) is 3.80. The van der Waals surface area contributed by atoms with E-state index >= 15 is 0 Å². The Balaban J connectivity index is 1.92. The van der Waals surface area contributed by atoms with E-state index in [1.807, 2.05) is 25.1 Å². The third kappa shape index (κ3) is 2.91. The molecule has 0 unspecified atom stereocenters. The summed E-state index contributed by atoms with van der Waals surface area (Å²) in [5.41, 5.74) is 2.91. The van der Waals surface area contributed by atoms with Crippen molar-refractivity contribution in [3.63, 3.8) is 0 Å². The van der Waals surface area contributed by atoms with Crippen LogP contribution in [0.5, 0.6) is 0 Å². The topological polar surface area (TPSA) is 95.1 Å². The van der Waals surface area contributed by atoms with Crippen molar-refractivity contribution in [3.8, 4) is 0 Å². The molecule has 0 saturated heterocycles. The van der Waals surface area contributed by atoms with E-state index in [-0.39, 0.29) is 18.1 Å². The smallest absolute Gasteiger partial charge is 0.352 e. The fourth-order valence-corrected chi connectivity index (χ4v) is 2.50. The first-order valence-corrected chi connectivity index (χ1v) is 7.09. The second kappa shape index (κ2) is 5.92. The Bertz CT molecular complexity index is 885. The van der Waals surface area contributed by atoms with Gasteiger partial charge in [-0.3, -0.25) is 9.78 Å². The minimum Gasteiger partial charge on any atom is -0.477 e. The Hall–Kier alpha value is -3.15. The molecule has 6 nitrogen and oxygen atoms in total. The summed E-state index contributed by atoms with van der Waals surface area (Å²) in [6, 6.07) is 8.86. The fraction of sp³-hybridized carbons (Fsp3) is 0.118. The average Bonchev–Trinajstić information content (AvgIpc) is 2.91. The molecule has 0 bridgehead atoms. The SMILES string of the molecule is Cc1ccc2[nH]c(C(=O)O)c(CNC(=O)c3ccncc3)c2c1. The van der Waals surface area contributed by atoms with Crippen molar-refractivity contribution < 1.29 is 14.7 Å². The van der Waals surface area contributed by atoms with Crippen LogP contribution in [0.15, 0.2) is 42.7 Å². The standard InChI is InChI=1S/C17H15N3O3/c1-10-2-3-14-12(8-10)13(15(20-14)17(22)23)9-19-16(21)11-4-6-18-7-5-11/h2-8,20H,9H2,1H3,(H,19,21)(H,22,23). The minimum atomic E-state index is -1.05. The monoisotopic (exact) mass is 309 g/mol. The van der Waals surface area contributed by atoms with Gasteiger partial charge in [0.2, 0.25) is 0 Å². The lowest BCUT2D eigenvalue weighted by Gasteiger charge is -2.06. The van der Waals surface area contributed by atoms with Crippen LogP contribution in [0.25, 0.3) is 10.9 Å². The number of pyridine rings is 1. The van der Waals surface area contributed by atoms with Gasteiger partial charge < -0.3 is 15.4 Å². The molecule has 3 aromatic rings. The molecule has 23 heavy (non-hydrogen) atoms. The molecule has 0 aliphatic rings. The van der Waals surface area contributed by atoms with Crippen LogP contribution in [0.1, 0.15) is 32.0 Å². The lowest BCUT2D eigenvalue weighted by molar-refractivity contribution is 0.0689. The van der Waals surface area contributed by atoms with Gasteiger partial charge in [0.25, 0.3) is 5.91 Å². The van der Waals surface area contributed by atoms with Gasteiger partial charge in [-0.15, -0.1) is 0 Å². The van der Waals surface area contributed by atoms with Crippen molar-refractivity contribution in [3.05, 3.63) is 65.1 Å². The van der Waals surface area contributed by atoms with Crippen molar-refractivity contribution in [2.45, 2.75) is 13.5 Å². The number of aromatic amines is 1. The highest BCUT2D eigenvalue weighted by molar-refractivity contribution is 5.98. The van der Waals surface area contributed by atoms with E-state index in [1.165, 1.54) is 12.4 Å². The summed E-state index contributed by atoms with van der Waals surface area (Å²) in [4.78, 5) is 30.3. The highest BCUT2D eigenvalue weighted by Gasteiger charge is 2.18. The Morgan fingerprint density at radius 3 is 2.65 bits per heavy atom. The number of nitrogens with one attached hydrogen (secondary N) is 2. The molecule has 3 N–H and O–H groups in total. The number of hydrogen-bond donors (Lipinski definition) is 3. The van der Waals surface area contributed by atoms with Gasteiger partial charge in [-0.1, -0.05) is 11.6 Å². The number of carbonyl (C=O) groups is 2. The molecule has 0 fully saturated rings. The third-order valence-electron chi connectivity index (χ3n) is 3.64. The number of aryl methyl sites for hydroxylation is 1. The first-order valence-electron chi connectivity index (χ1n) is 7.09. The van der Waals surface area contributed by atoms with Crippen LogP contribution < -0.4 is 5.32 Å². The molecule has 0 aliphatic carbocycles. The number of fused-ring (bicyclic) bond motifs is 1. The van der Waals surface area contributed by atoms with Crippen molar-refractivity contribution in [1.29, 1.82) is 0 Å². The van der Waals surface area contributed by atoms with E-state index in [4.69, 9.17) is 0 Å². The highest BCUT2D eigenvalue weighted by Crippen LogP contribution is 2.24. The predicted molar refractivity (Wildman–Crippen MR) is 85.4 cm³/mol. The molecule has 3 rings (SSSR count). The summed E-state index contributed by atoms with van der Waals surface area (Å²) < 4.78 is 0. The van der Waals surface area contributed by atoms with E-state index in [0.29, 0.717) is 11.1 Å². The highest BCUT2D eigenvalue weighted by atomic mass is 16.4. The number of hydrogen-bond acceptors (Lipinski definition) is 3.